The zero-order valence-corrected chi connectivity index (χ0v) is 10.1. The number of hydrogen-bond donors (Lipinski definition) is 0. The fraction of sp³-hybridized carbons (Fsp3) is 0.571. The van der Waals surface area contributed by atoms with E-state index in [1.165, 1.54) is 29.5 Å². The van der Waals surface area contributed by atoms with Crippen molar-refractivity contribution in [3.8, 4) is 0 Å². The second kappa shape index (κ2) is 4.16. The SMILES string of the molecule is CCCC(C)(C)c1cccc(C)c1C. The van der Waals surface area contributed by atoms with Gasteiger partial charge in [0.05, 0.1) is 0 Å². The van der Waals surface area contributed by atoms with Crippen LogP contribution in [-0.4, -0.2) is 0 Å². The molecule has 0 heterocycles. The summed E-state index contributed by atoms with van der Waals surface area (Å²) < 4.78 is 0. The molecule has 0 bridgehead atoms. The smallest absolute Gasteiger partial charge is 0.0101 e. The standard InChI is InChI=1S/C14H22/c1-6-10-14(4,5)13-9-7-8-11(2)12(13)3/h7-9H,6,10H2,1-5H3. The van der Waals surface area contributed by atoms with Gasteiger partial charge in [-0.3, -0.25) is 0 Å². The third-order valence-corrected chi connectivity index (χ3v) is 3.21. The zero-order chi connectivity index (χ0) is 10.8. The molecule has 0 saturated carbocycles. The molecule has 0 amide bonds. The quantitative estimate of drug-likeness (QED) is 0.663. The second-order valence-corrected chi connectivity index (χ2v) is 4.88. The van der Waals surface area contributed by atoms with E-state index in [1.54, 1.807) is 0 Å². The van der Waals surface area contributed by atoms with Crippen LogP contribution in [-0.2, 0) is 5.41 Å². The fourth-order valence-electron chi connectivity index (χ4n) is 2.24. The van der Waals surface area contributed by atoms with Crippen LogP contribution in [0, 0.1) is 13.8 Å². The first-order valence-electron chi connectivity index (χ1n) is 5.55. The lowest BCUT2D eigenvalue weighted by Gasteiger charge is -2.27. The van der Waals surface area contributed by atoms with Crippen molar-refractivity contribution in [1.29, 1.82) is 0 Å². The molecular weight excluding hydrogens is 168 g/mol. The number of aryl methyl sites for hydroxylation is 1. The molecule has 0 heteroatoms. The Labute approximate surface area is 88.4 Å². The van der Waals surface area contributed by atoms with E-state index < -0.39 is 0 Å². The average molecular weight is 190 g/mol. The van der Waals surface area contributed by atoms with E-state index in [4.69, 9.17) is 0 Å². The fourth-order valence-corrected chi connectivity index (χ4v) is 2.24. The van der Waals surface area contributed by atoms with Gasteiger partial charge in [0.1, 0.15) is 0 Å². The summed E-state index contributed by atoms with van der Waals surface area (Å²) in [5.74, 6) is 0. The molecule has 0 N–H and O–H groups in total. The number of hydrogen-bond acceptors (Lipinski definition) is 0. The monoisotopic (exact) mass is 190 g/mol. The van der Waals surface area contributed by atoms with Gasteiger partial charge in [0.2, 0.25) is 0 Å². The molecule has 0 nitrogen and oxygen atoms in total. The van der Waals surface area contributed by atoms with E-state index in [2.05, 4.69) is 52.8 Å². The summed E-state index contributed by atoms with van der Waals surface area (Å²) in [5, 5.41) is 0. The highest BCUT2D eigenvalue weighted by atomic mass is 14.3. The maximum atomic E-state index is 2.35. The highest BCUT2D eigenvalue weighted by molar-refractivity contribution is 5.37. The Morgan fingerprint density at radius 2 is 1.79 bits per heavy atom. The van der Waals surface area contributed by atoms with Crippen molar-refractivity contribution in [3.05, 3.63) is 34.9 Å². The normalized spacial score (nSPS) is 11.8. The Hall–Kier alpha value is -0.780. The molecule has 1 aromatic carbocycles. The first-order chi connectivity index (χ1) is 6.49. The lowest BCUT2D eigenvalue weighted by molar-refractivity contribution is 0.470. The van der Waals surface area contributed by atoms with Crippen LogP contribution in [0.15, 0.2) is 18.2 Å². The van der Waals surface area contributed by atoms with Crippen molar-refractivity contribution in [2.45, 2.75) is 52.9 Å². The van der Waals surface area contributed by atoms with E-state index in [0.29, 0.717) is 5.41 Å². The van der Waals surface area contributed by atoms with Crippen LogP contribution in [0.5, 0.6) is 0 Å². The van der Waals surface area contributed by atoms with E-state index in [1.807, 2.05) is 0 Å². The minimum atomic E-state index is 0.324. The van der Waals surface area contributed by atoms with Gasteiger partial charge < -0.3 is 0 Å². The first-order valence-corrected chi connectivity index (χ1v) is 5.55. The summed E-state index contributed by atoms with van der Waals surface area (Å²) in [6, 6.07) is 6.65. The van der Waals surface area contributed by atoms with Crippen LogP contribution < -0.4 is 0 Å². The van der Waals surface area contributed by atoms with Gasteiger partial charge in [-0.15, -0.1) is 0 Å². The second-order valence-electron chi connectivity index (χ2n) is 4.88. The molecule has 0 atom stereocenters. The molecule has 0 aliphatic carbocycles. The minimum Gasteiger partial charge on any atom is -0.0654 e. The lowest BCUT2D eigenvalue weighted by atomic mass is 9.78. The summed E-state index contributed by atoms with van der Waals surface area (Å²) in [6.07, 6.45) is 2.51. The summed E-state index contributed by atoms with van der Waals surface area (Å²) in [6.45, 7) is 11.4. The van der Waals surface area contributed by atoms with Crippen LogP contribution in [0.25, 0.3) is 0 Å². The number of benzene rings is 1. The van der Waals surface area contributed by atoms with Gasteiger partial charge in [-0.25, -0.2) is 0 Å². The number of rotatable bonds is 3. The van der Waals surface area contributed by atoms with Crippen molar-refractivity contribution in [1.82, 2.24) is 0 Å². The summed E-state index contributed by atoms with van der Waals surface area (Å²) in [5.41, 5.74) is 4.71. The molecule has 0 aliphatic rings. The van der Waals surface area contributed by atoms with Crippen molar-refractivity contribution in [2.24, 2.45) is 0 Å². The molecule has 0 radical (unpaired) electrons. The maximum absolute atomic E-state index is 2.35. The molecular formula is C14H22. The van der Waals surface area contributed by atoms with Crippen molar-refractivity contribution < 1.29 is 0 Å². The molecule has 1 aromatic rings. The molecule has 0 fully saturated rings. The van der Waals surface area contributed by atoms with Gasteiger partial charge in [0.25, 0.3) is 0 Å². The van der Waals surface area contributed by atoms with E-state index >= 15 is 0 Å². The molecule has 0 aromatic heterocycles. The topological polar surface area (TPSA) is 0 Å². The predicted octanol–water partition coefficient (Wildman–Crippen LogP) is 4.38. The summed E-state index contributed by atoms with van der Waals surface area (Å²) >= 11 is 0. The van der Waals surface area contributed by atoms with Gasteiger partial charge in [0.15, 0.2) is 0 Å². The van der Waals surface area contributed by atoms with E-state index in [9.17, 15) is 0 Å². The van der Waals surface area contributed by atoms with Crippen LogP contribution in [0.3, 0.4) is 0 Å². The Bertz CT molecular complexity index is 308. The Balaban J connectivity index is 3.12. The third kappa shape index (κ3) is 2.17. The van der Waals surface area contributed by atoms with Crippen LogP contribution >= 0.6 is 0 Å². The minimum absolute atomic E-state index is 0.324. The highest BCUT2D eigenvalue weighted by Gasteiger charge is 2.21. The van der Waals surface area contributed by atoms with Crippen molar-refractivity contribution >= 4 is 0 Å². The Morgan fingerprint density at radius 1 is 1.14 bits per heavy atom. The van der Waals surface area contributed by atoms with Gasteiger partial charge in [-0.05, 0) is 42.4 Å². The van der Waals surface area contributed by atoms with Gasteiger partial charge in [0, 0.05) is 0 Å². The van der Waals surface area contributed by atoms with E-state index in [-0.39, 0.29) is 0 Å². The zero-order valence-electron chi connectivity index (χ0n) is 10.1. The highest BCUT2D eigenvalue weighted by Crippen LogP contribution is 2.31. The van der Waals surface area contributed by atoms with Crippen molar-refractivity contribution in [2.75, 3.05) is 0 Å². The Kier molecular flexibility index (Phi) is 3.36. The predicted molar refractivity (Wildman–Crippen MR) is 63.9 cm³/mol. The first kappa shape index (κ1) is 11.3. The molecule has 0 unspecified atom stereocenters. The molecule has 78 valence electrons. The third-order valence-electron chi connectivity index (χ3n) is 3.21. The van der Waals surface area contributed by atoms with Crippen LogP contribution in [0.4, 0.5) is 0 Å². The van der Waals surface area contributed by atoms with Gasteiger partial charge >= 0.3 is 0 Å². The Morgan fingerprint density at radius 3 is 2.36 bits per heavy atom. The van der Waals surface area contributed by atoms with Gasteiger partial charge in [-0.2, -0.15) is 0 Å². The largest absolute Gasteiger partial charge is 0.0654 e. The summed E-state index contributed by atoms with van der Waals surface area (Å²) in [7, 11) is 0. The molecule has 14 heavy (non-hydrogen) atoms. The molecule has 0 saturated heterocycles. The summed E-state index contributed by atoms with van der Waals surface area (Å²) in [4.78, 5) is 0. The maximum Gasteiger partial charge on any atom is -0.0101 e. The molecule has 0 aliphatic heterocycles. The van der Waals surface area contributed by atoms with E-state index in [0.717, 1.165) is 0 Å². The van der Waals surface area contributed by atoms with Gasteiger partial charge in [-0.1, -0.05) is 45.4 Å². The van der Waals surface area contributed by atoms with Crippen LogP contribution in [0.2, 0.25) is 0 Å². The average Bonchev–Trinajstić information content (AvgIpc) is 2.09. The molecule has 1 rings (SSSR count). The molecule has 0 spiro atoms. The van der Waals surface area contributed by atoms with Crippen LogP contribution in [0.1, 0.15) is 50.3 Å². The lowest BCUT2D eigenvalue weighted by Crippen LogP contribution is -2.18. The van der Waals surface area contributed by atoms with Crippen molar-refractivity contribution in [3.63, 3.8) is 0 Å².